The first-order valence-corrected chi connectivity index (χ1v) is 12.3. The van der Waals surface area contributed by atoms with Gasteiger partial charge in [0.1, 0.15) is 11.6 Å². The van der Waals surface area contributed by atoms with Crippen LogP contribution in [0.4, 0.5) is 15.8 Å². The summed E-state index contributed by atoms with van der Waals surface area (Å²) in [7, 11) is 4.14. The molecule has 176 valence electrons. The lowest BCUT2D eigenvalue weighted by atomic mass is 9.96. The molecule has 2 aromatic rings. The summed E-state index contributed by atoms with van der Waals surface area (Å²) >= 11 is 0. The highest BCUT2D eigenvalue weighted by molar-refractivity contribution is 6.08. The molecule has 0 unspecified atom stereocenters. The maximum absolute atomic E-state index is 15.1. The van der Waals surface area contributed by atoms with Crippen LogP contribution in [0.3, 0.4) is 0 Å². The Morgan fingerprint density at radius 2 is 1.82 bits per heavy atom. The Bertz CT molecular complexity index is 1020. The van der Waals surface area contributed by atoms with Gasteiger partial charge in [-0.3, -0.25) is 4.79 Å². The van der Waals surface area contributed by atoms with E-state index in [0.717, 1.165) is 50.1 Å². The van der Waals surface area contributed by atoms with E-state index in [2.05, 4.69) is 23.9 Å². The average Bonchev–Trinajstić information content (AvgIpc) is 3.30. The molecule has 2 aliphatic heterocycles. The summed E-state index contributed by atoms with van der Waals surface area (Å²) in [5.41, 5.74) is 2.96. The van der Waals surface area contributed by atoms with Crippen molar-refractivity contribution in [1.29, 1.82) is 0 Å². The molecule has 0 aromatic heterocycles. The molecule has 0 spiro atoms. The van der Waals surface area contributed by atoms with Crippen molar-refractivity contribution >= 4 is 17.3 Å². The van der Waals surface area contributed by atoms with Gasteiger partial charge in [0.2, 0.25) is 0 Å². The number of carbonyl (C=O) groups excluding carboxylic acids is 1. The number of amides is 1. The van der Waals surface area contributed by atoms with Gasteiger partial charge in [-0.05, 0) is 94.6 Å². The molecule has 33 heavy (non-hydrogen) atoms. The maximum Gasteiger partial charge on any atom is 0.258 e. The Morgan fingerprint density at radius 1 is 1.00 bits per heavy atom. The van der Waals surface area contributed by atoms with E-state index < -0.39 is 0 Å². The minimum absolute atomic E-state index is 0.0681. The van der Waals surface area contributed by atoms with Gasteiger partial charge in [0, 0.05) is 36.9 Å². The predicted molar refractivity (Wildman–Crippen MR) is 130 cm³/mol. The number of hydrogen-bond donors (Lipinski definition) is 0. The zero-order valence-electron chi connectivity index (χ0n) is 19.7. The molecule has 0 N–H and O–H groups in total. The number of benzene rings is 2. The number of nitrogens with zero attached hydrogens (tertiary/aromatic N) is 3. The molecule has 1 atom stereocenters. The number of hydrogen-bond acceptors (Lipinski definition) is 4. The van der Waals surface area contributed by atoms with Crippen LogP contribution >= 0.6 is 0 Å². The third kappa shape index (κ3) is 4.58. The Balaban J connectivity index is 1.29. The number of carbonyl (C=O) groups is 1. The lowest BCUT2D eigenvalue weighted by molar-refractivity contribution is 0.0980. The van der Waals surface area contributed by atoms with Gasteiger partial charge < -0.3 is 19.4 Å². The highest BCUT2D eigenvalue weighted by Crippen LogP contribution is 2.32. The molecule has 0 bridgehead atoms. The van der Waals surface area contributed by atoms with Crippen LogP contribution < -0.4 is 14.5 Å². The molecule has 1 saturated carbocycles. The Kier molecular flexibility index (Phi) is 6.28. The van der Waals surface area contributed by atoms with Crippen molar-refractivity contribution in [3.05, 3.63) is 53.3 Å². The minimum atomic E-state index is -0.262. The molecule has 2 heterocycles. The van der Waals surface area contributed by atoms with Gasteiger partial charge in [0.05, 0.1) is 11.8 Å². The normalized spacial score (nSPS) is 21.6. The number of ether oxygens (including phenoxy) is 1. The second-order valence-corrected chi connectivity index (χ2v) is 9.89. The van der Waals surface area contributed by atoms with Crippen molar-refractivity contribution in [3.63, 3.8) is 0 Å². The summed E-state index contributed by atoms with van der Waals surface area (Å²) in [5, 5.41) is 0. The molecule has 5 rings (SSSR count). The van der Waals surface area contributed by atoms with Crippen LogP contribution in [0.15, 0.2) is 36.4 Å². The zero-order valence-corrected chi connectivity index (χ0v) is 19.7. The number of halogens is 1. The van der Waals surface area contributed by atoms with Crippen LogP contribution in [0.1, 0.15) is 54.4 Å². The second kappa shape index (κ2) is 9.34. The topological polar surface area (TPSA) is 36.0 Å². The molecule has 6 heteroatoms. The first-order valence-electron chi connectivity index (χ1n) is 12.3. The predicted octanol–water partition coefficient (Wildman–Crippen LogP) is 4.88. The van der Waals surface area contributed by atoms with Crippen molar-refractivity contribution in [2.75, 3.05) is 43.5 Å². The first kappa shape index (κ1) is 22.2. The fourth-order valence-corrected chi connectivity index (χ4v) is 5.46. The van der Waals surface area contributed by atoms with Crippen LogP contribution in [0.25, 0.3) is 0 Å². The van der Waals surface area contributed by atoms with Crippen molar-refractivity contribution in [3.8, 4) is 5.75 Å². The van der Waals surface area contributed by atoms with E-state index in [0.29, 0.717) is 29.5 Å². The largest absolute Gasteiger partial charge is 0.490 e. The van der Waals surface area contributed by atoms with E-state index in [9.17, 15) is 4.79 Å². The third-order valence-corrected chi connectivity index (χ3v) is 7.49. The summed E-state index contributed by atoms with van der Waals surface area (Å²) < 4.78 is 21.3. The monoisotopic (exact) mass is 451 g/mol. The van der Waals surface area contributed by atoms with Gasteiger partial charge in [-0.25, -0.2) is 4.39 Å². The number of fused-ring (bicyclic) bond motifs is 1. The maximum atomic E-state index is 15.1. The van der Waals surface area contributed by atoms with Crippen LogP contribution in [0, 0.1) is 5.82 Å². The quantitative estimate of drug-likeness (QED) is 0.649. The summed E-state index contributed by atoms with van der Waals surface area (Å²) in [6, 6.07) is 11.5. The Hall–Kier alpha value is -2.60. The lowest BCUT2D eigenvalue weighted by Gasteiger charge is -2.30. The van der Waals surface area contributed by atoms with Crippen molar-refractivity contribution < 1.29 is 13.9 Å². The Morgan fingerprint density at radius 3 is 2.55 bits per heavy atom. The van der Waals surface area contributed by atoms with E-state index in [4.69, 9.17) is 4.74 Å². The molecule has 2 aromatic carbocycles. The summed E-state index contributed by atoms with van der Waals surface area (Å²) in [6.07, 6.45) is 8.03. The van der Waals surface area contributed by atoms with E-state index >= 15 is 4.39 Å². The lowest BCUT2D eigenvalue weighted by Crippen LogP contribution is -2.37. The second-order valence-electron chi connectivity index (χ2n) is 9.89. The van der Waals surface area contributed by atoms with Gasteiger partial charge in [-0.1, -0.05) is 6.42 Å². The SMILES string of the molecule is CN(C)[C@@H]1CCN(c2ccc(N3CCc4cc(OC5CCCCC5)ccc4C3=O)cc2F)C1. The summed E-state index contributed by atoms with van der Waals surface area (Å²) in [6.45, 7) is 2.22. The minimum Gasteiger partial charge on any atom is -0.490 e. The Labute approximate surface area is 196 Å². The molecule has 3 aliphatic rings. The smallest absolute Gasteiger partial charge is 0.258 e. The fourth-order valence-electron chi connectivity index (χ4n) is 5.46. The fraction of sp³-hybridized carbons (Fsp3) is 0.519. The highest BCUT2D eigenvalue weighted by atomic mass is 19.1. The standard InChI is InChI=1S/C27H34FN3O2/c1-29(2)21-13-14-30(18-21)26-11-8-20(17-25(26)28)31-15-12-19-16-23(9-10-24(19)27(31)32)33-22-6-4-3-5-7-22/h8-11,16-17,21-22H,3-7,12-15,18H2,1-2H3/t21-/m1/s1. The molecule has 0 radical (unpaired) electrons. The average molecular weight is 452 g/mol. The molecule has 1 amide bonds. The highest BCUT2D eigenvalue weighted by Gasteiger charge is 2.29. The molecule has 1 saturated heterocycles. The van der Waals surface area contributed by atoms with Crippen molar-refractivity contribution in [2.24, 2.45) is 0 Å². The summed E-state index contributed by atoms with van der Waals surface area (Å²) in [4.78, 5) is 19.2. The zero-order chi connectivity index (χ0) is 22.9. The van der Waals surface area contributed by atoms with Gasteiger partial charge >= 0.3 is 0 Å². The van der Waals surface area contributed by atoms with Gasteiger partial charge in [-0.2, -0.15) is 0 Å². The van der Waals surface area contributed by atoms with E-state index in [1.807, 2.05) is 30.3 Å². The first-order chi connectivity index (χ1) is 16.0. The third-order valence-electron chi connectivity index (χ3n) is 7.49. The van der Waals surface area contributed by atoms with E-state index in [1.165, 1.54) is 25.3 Å². The van der Waals surface area contributed by atoms with E-state index in [-0.39, 0.29) is 17.8 Å². The van der Waals surface area contributed by atoms with E-state index in [1.54, 1.807) is 4.90 Å². The molecular weight excluding hydrogens is 417 g/mol. The molecule has 5 nitrogen and oxygen atoms in total. The van der Waals surface area contributed by atoms with Gasteiger partial charge in [0.25, 0.3) is 5.91 Å². The molecule has 2 fully saturated rings. The number of rotatable bonds is 5. The van der Waals surface area contributed by atoms with Crippen molar-refractivity contribution in [1.82, 2.24) is 4.90 Å². The number of anilines is 2. The van der Waals surface area contributed by atoms with Gasteiger partial charge in [-0.15, -0.1) is 0 Å². The summed E-state index contributed by atoms with van der Waals surface area (Å²) in [5.74, 6) is 0.530. The van der Waals surface area contributed by atoms with Crippen molar-refractivity contribution in [2.45, 2.75) is 57.1 Å². The van der Waals surface area contributed by atoms with Gasteiger partial charge in [0.15, 0.2) is 0 Å². The molecular formula is C27H34FN3O2. The van der Waals surface area contributed by atoms with Crippen LogP contribution in [-0.2, 0) is 6.42 Å². The van der Waals surface area contributed by atoms with Crippen LogP contribution in [-0.4, -0.2) is 56.7 Å². The number of likely N-dealkylation sites (N-methyl/N-ethyl adjacent to an activating group) is 1. The molecule has 1 aliphatic carbocycles. The van der Waals surface area contributed by atoms with Crippen LogP contribution in [0.5, 0.6) is 5.75 Å². The van der Waals surface area contributed by atoms with Crippen LogP contribution in [0.2, 0.25) is 0 Å².